The Kier molecular flexibility index (Phi) is 6.31. The Morgan fingerprint density at radius 3 is 2.80 bits per heavy atom. The van der Waals surface area contributed by atoms with E-state index in [0.29, 0.717) is 10.7 Å². The van der Waals surface area contributed by atoms with Crippen LogP contribution in [-0.2, 0) is 0 Å². The fraction of sp³-hybridized carbons (Fsp3) is 0.231. The number of allylic oxidation sites excluding steroid dienone is 1. The Labute approximate surface area is 122 Å². The quantitative estimate of drug-likeness (QED) is 0.377. The zero-order valence-corrected chi connectivity index (χ0v) is 12.1. The van der Waals surface area contributed by atoms with Gasteiger partial charge in [0.2, 0.25) is 0 Å². The maximum atomic E-state index is 10.8. The molecule has 0 fully saturated rings. The Morgan fingerprint density at radius 2 is 2.15 bits per heavy atom. The van der Waals surface area contributed by atoms with Crippen LogP contribution in [0.25, 0.3) is 6.08 Å². The number of rotatable bonds is 5. The molecule has 106 valence electrons. The molecule has 0 bridgehead atoms. The van der Waals surface area contributed by atoms with Gasteiger partial charge < -0.3 is 5.32 Å². The van der Waals surface area contributed by atoms with Crippen LogP contribution >= 0.6 is 12.2 Å². The topological polar surface area (TPSA) is 79.6 Å². The van der Waals surface area contributed by atoms with Crippen LogP contribution in [0.5, 0.6) is 0 Å². The van der Waals surface area contributed by atoms with Gasteiger partial charge >= 0.3 is 0 Å². The number of hydrogen-bond acceptors (Lipinski definition) is 4. The Morgan fingerprint density at radius 1 is 1.45 bits per heavy atom. The normalized spacial score (nSPS) is 11.2. The van der Waals surface area contributed by atoms with Gasteiger partial charge in [-0.05, 0) is 44.3 Å². The zero-order chi connectivity index (χ0) is 15.0. The molecule has 1 rings (SSSR count). The molecule has 0 aliphatic rings. The smallest absolute Gasteiger partial charge is 0.276 e. The van der Waals surface area contributed by atoms with Crippen molar-refractivity contribution in [2.75, 3.05) is 0 Å². The van der Waals surface area contributed by atoms with E-state index in [1.807, 2.05) is 13.8 Å². The summed E-state index contributed by atoms with van der Waals surface area (Å²) in [5.74, 6) is 0. The SMILES string of the molecule is CC(C)NC(=S)NN=CC=Cc1ccccc1[N+](=O)[O-]. The van der Waals surface area contributed by atoms with Crippen molar-refractivity contribution in [3.05, 3.63) is 46.0 Å². The van der Waals surface area contributed by atoms with E-state index >= 15 is 0 Å². The first-order valence-electron chi connectivity index (χ1n) is 6.00. The monoisotopic (exact) mass is 292 g/mol. The summed E-state index contributed by atoms with van der Waals surface area (Å²) in [5.41, 5.74) is 3.22. The number of nitro groups is 1. The van der Waals surface area contributed by atoms with E-state index in [4.69, 9.17) is 12.2 Å². The summed E-state index contributed by atoms with van der Waals surface area (Å²) in [6, 6.07) is 6.72. The third kappa shape index (κ3) is 5.57. The van der Waals surface area contributed by atoms with Crippen LogP contribution in [0.15, 0.2) is 35.4 Å². The lowest BCUT2D eigenvalue weighted by Gasteiger charge is -2.08. The lowest BCUT2D eigenvalue weighted by molar-refractivity contribution is -0.385. The summed E-state index contributed by atoms with van der Waals surface area (Å²) < 4.78 is 0. The third-order valence-electron chi connectivity index (χ3n) is 2.16. The van der Waals surface area contributed by atoms with E-state index in [9.17, 15) is 10.1 Å². The number of thiocarbonyl (C=S) groups is 1. The molecule has 0 aliphatic carbocycles. The average molecular weight is 292 g/mol. The highest BCUT2D eigenvalue weighted by Gasteiger charge is 2.08. The molecule has 1 aromatic carbocycles. The first-order chi connectivity index (χ1) is 9.50. The van der Waals surface area contributed by atoms with Gasteiger partial charge in [-0.25, -0.2) is 0 Å². The van der Waals surface area contributed by atoms with Crippen molar-refractivity contribution in [1.29, 1.82) is 0 Å². The van der Waals surface area contributed by atoms with Gasteiger partial charge in [0, 0.05) is 18.3 Å². The lowest BCUT2D eigenvalue weighted by atomic mass is 10.2. The van der Waals surface area contributed by atoms with Crippen LogP contribution in [-0.4, -0.2) is 22.3 Å². The van der Waals surface area contributed by atoms with Crippen LogP contribution in [0.4, 0.5) is 5.69 Å². The molecule has 0 saturated heterocycles. The van der Waals surface area contributed by atoms with Gasteiger partial charge in [-0.2, -0.15) is 5.10 Å². The van der Waals surface area contributed by atoms with Gasteiger partial charge in [0.25, 0.3) is 5.69 Å². The third-order valence-corrected chi connectivity index (χ3v) is 2.36. The van der Waals surface area contributed by atoms with Crippen LogP contribution in [0, 0.1) is 10.1 Å². The van der Waals surface area contributed by atoms with Crippen molar-refractivity contribution in [2.45, 2.75) is 19.9 Å². The van der Waals surface area contributed by atoms with Crippen molar-refractivity contribution >= 4 is 35.3 Å². The van der Waals surface area contributed by atoms with Crippen LogP contribution in [0.3, 0.4) is 0 Å². The second kappa shape index (κ2) is 8.00. The minimum absolute atomic E-state index is 0.0575. The fourth-order valence-electron chi connectivity index (χ4n) is 1.37. The van der Waals surface area contributed by atoms with E-state index in [0.717, 1.165) is 0 Å². The Balaban J connectivity index is 2.57. The fourth-order valence-corrected chi connectivity index (χ4v) is 1.66. The average Bonchev–Trinajstić information content (AvgIpc) is 2.37. The van der Waals surface area contributed by atoms with Gasteiger partial charge in [0.15, 0.2) is 5.11 Å². The van der Waals surface area contributed by atoms with E-state index in [2.05, 4.69) is 15.8 Å². The molecule has 6 nitrogen and oxygen atoms in total. The first kappa shape index (κ1) is 15.8. The number of nitrogens with zero attached hydrogens (tertiary/aromatic N) is 2. The highest BCUT2D eigenvalue weighted by atomic mass is 32.1. The van der Waals surface area contributed by atoms with Crippen LogP contribution < -0.4 is 10.7 Å². The van der Waals surface area contributed by atoms with Gasteiger partial charge in [0.1, 0.15) is 0 Å². The number of para-hydroxylation sites is 1. The number of hydrogen-bond donors (Lipinski definition) is 2. The van der Waals surface area contributed by atoms with Gasteiger partial charge in [-0.3, -0.25) is 15.5 Å². The van der Waals surface area contributed by atoms with Gasteiger partial charge in [-0.1, -0.05) is 12.1 Å². The molecule has 0 saturated carbocycles. The predicted octanol–water partition coefficient (Wildman–Crippen LogP) is 2.47. The van der Waals surface area contributed by atoms with Crippen molar-refractivity contribution in [2.24, 2.45) is 5.10 Å². The predicted molar refractivity (Wildman–Crippen MR) is 84.6 cm³/mol. The molecule has 0 radical (unpaired) electrons. The summed E-state index contributed by atoms with van der Waals surface area (Å²) >= 11 is 4.98. The van der Waals surface area contributed by atoms with Crippen molar-refractivity contribution < 1.29 is 4.92 Å². The molecule has 1 aromatic rings. The largest absolute Gasteiger partial charge is 0.359 e. The minimum Gasteiger partial charge on any atom is -0.359 e. The van der Waals surface area contributed by atoms with Crippen LogP contribution in [0.2, 0.25) is 0 Å². The van der Waals surface area contributed by atoms with E-state index < -0.39 is 4.92 Å². The first-order valence-corrected chi connectivity index (χ1v) is 6.41. The van der Waals surface area contributed by atoms with E-state index in [1.54, 1.807) is 30.4 Å². The van der Waals surface area contributed by atoms with Gasteiger partial charge in [-0.15, -0.1) is 0 Å². The van der Waals surface area contributed by atoms with Crippen LogP contribution in [0.1, 0.15) is 19.4 Å². The van der Waals surface area contributed by atoms with E-state index in [1.165, 1.54) is 12.3 Å². The van der Waals surface area contributed by atoms with Crippen molar-refractivity contribution in [3.8, 4) is 0 Å². The van der Waals surface area contributed by atoms with Crippen molar-refractivity contribution in [3.63, 3.8) is 0 Å². The summed E-state index contributed by atoms with van der Waals surface area (Å²) in [7, 11) is 0. The molecule has 0 spiro atoms. The molecular formula is C13H16N4O2S. The summed E-state index contributed by atoms with van der Waals surface area (Å²) in [6.07, 6.45) is 4.70. The molecule has 0 unspecified atom stereocenters. The standard InChI is InChI=1S/C13H16N4O2S/c1-10(2)15-13(20)16-14-9-5-7-11-6-3-4-8-12(11)17(18)19/h3-10H,1-2H3,(H2,15,16,20). The van der Waals surface area contributed by atoms with Gasteiger partial charge in [0.05, 0.1) is 10.5 Å². The number of benzene rings is 1. The Hall–Kier alpha value is -2.28. The molecule has 2 N–H and O–H groups in total. The number of nitrogens with one attached hydrogen (secondary N) is 2. The summed E-state index contributed by atoms with van der Waals surface area (Å²) in [5, 5.41) is 18.1. The maximum absolute atomic E-state index is 10.8. The molecule has 7 heteroatoms. The highest BCUT2D eigenvalue weighted by Crippen LogP contribution is 2.18. The molecule has 0 heterocycles. The molecule has 0 aromatic heterocycles. The molecule has 20 heavy (non-hydrogen) atoms. The number of hydrazone groups is 1. The maximum Gasteiger partial charge on any atom is 0.276 e. The Bertz CT molecular complexity index is 541. The molecule has 0 atom stereocenters. The molecule has 0 amide bonds. The minimum atomic E-state index is -0.420. The van der Waals surface area contributed by atoms with Crippen molar-refractivity contribution in [1.82, 2.24) is 10.7 Å². The number of nitro benzene ring substituents is 1. The second-order valence-corrected chi connectivity index (χ2v) is 4.60. The molecular weight excluding hydrogens is 276 g/mol. The second-order valence-electron chi connectivity index (χ2n) is 4.19. The molecule has 0 aliphatic heterocycles. The zero-order valence-electron chi connectivity index (χ0n) is 11.2. The summed E-state index contributed by atoms with van der Waals surface area (Å²) in [4.78, 5) is 10.4. The van der Waals surface area contributed by atoms with E-state index in [-0.39, 0.29) is 11.7 Å². The summed E-state index contributed by atoms with van der Waals surface area (Å²) in [6.45, 7) is 3.93. The lowest BCUT2D eigenvalue weighted by Crippen LogP contribution is -2.36. The highest BCUT2D eigenvalue weighted by molar-refractivity contribution is 7.80.